The van der Waals surface area contributed by atoms with Crippen LogP contribution in [0.3, 0.4) is 0 Å². The van der Waals surface area contributed by atoms with E-state index in [0.717, 1.165) is 17.3 Å². The van der Waals surface area contributed by atoms with Crippen molar-refractivity contribution >= 4 is 34.9 Å². The molecule has 1 aromatic carbocycles. The number of Topliss-reactive ketones (excluding diaryl/α,β-unsaturated/α-hetero) is 1. The second-order valence-electron chi connectivity index (χ2n) is 5.26. The molecular weight excluding hydrogens is 362 g/mol. The number of hydrogen-bond donors (Lipinski definition) is 2. The van der Waals surface area contributed by atoms with Gasteiger partial charge >= 0.3 is 0 Å². The summed E-state index contributed by atoms with van der Waals surface area (Å²) in [6, 6.07) is 7.18. The van der Waals surface area contributed by atoms with Crippen LogP contribution in [0.1, 0.15) is 18.3 Å². The van der Waals surface area contributed by atoms with Crippen LogP contribution < -0.4 is 4.74 Å². The fourth-order valence-electron chi connectivity index (χ4n) is 1.89. The van der Waals surface area contributed by atoms with Crippen LogP contribution in [0, 0.1) is 29.6 Å². The summed E-state index contributed by atoms with van der Waals surface area (Å²) in [5.41, 5.74) is 0.954. The van der Waals surface area contributed by atoms with Gasteiger partial charge in [-0.25, -0.2) is 4.98 Å². The molecular formula is C16H16ClN5O2S. The van der Waals surface area contributed by atoms with E-state index in [1.54, 1.807) is 12.1 Å². The van der Waals surface area contributed by atoms with Crippen LogP contribution in [0.5, 0.6) is 5.75 Å². The summed E-state index contributed by atoms with van der Waals surface area (Å²) in [5.74, 6) is -0.131. The van der Waals surface area contributed by atoms with E-state index in [1.807, 2.05) is 19.1 Å². The van der Waals surface area contributed by atoms with Crippen molar-refractivity contribution in [1.29, 1.82) is 10.7 Å². The van der Waals surface area contributed by atoms with Crippen molar-refractivity contribution < 1.29 is 9.53 Å². The molecule has 1 aromatic heterocycles. The lowest BCUT2D eigenvalue weighted by atomic mass is 10.0. The zero-order chi connectivity index (χ0) is 18.4. The molecule has 2 N–H and O–H groups in total. The van der Waals surface area contributed by atoms with Crippen LogP contribution in [-0.4, -0.2) is 32.4 Å². The highest BCUT2D eigenvalue weighted by molar-refractivity contribution is 7.99. The van der Waals surface area contributed by atoms with Gasteiger partial charge in [0.05, 0.1) is 11.8 Å². The van der Waals surface area contributed by atoms with Gasteiger partial charge in [-0.05, 0) is 37.6 Å². The predicted molar refractivity (Wildman–Crippen MR) is 95.1 cm³/mol. The number of H-pyrrole nitrogens is 1. The first-order valence-electron chi connectivity index (χ1n) is 7.31. The summed E-state index contributed by atoms with van der Waals surface area (Å²) in [6.07, 6.45) is 0. The quantitative estimate of drug-likeness (QED) is 0.539. The average Bonchev–Trinajstić information content (AvgIpc) is 3.02. The van der Waals surface area contributed by atoms with Crippen molar-refractivity contribution in [3.05, 3.63) is 34.6 Å². The molecule has 0 aliphatic heterocycles. The summed E-state index contributed by atoms with van der Waals surface area (Å²) in [7, 11) is 0. The number of nitrogens with zero attached hydrogens (tertiary/aromatic N) is 3. The SMILES string of the molecule is CC(=N)[C@@H](C#N)C(=O)CSc1n[nH]c(COc2ccc(Cl)c(C)c2)n1. The van der Waals surface area contributed by atoms with Gasteiger partial charge in [0, 0.05) is 10.7 Å². The molecule has 0 saturated heterocycles. The van der Waals surface area contributed by atoms with Crippen molar-refractivity contribution in [2.24, 2.45) is 5.92 Å². The van der Waals surface area contributed by atoms with E-state index in [0.29, 0.717) is 21.8 Å². The van der Waals surface area contributed by atoms with Gasteiger partial charge in [0.15, 0.2) is 11.6 Å². The highest BCUT2D eigenvalue weighted by Gasteiger charge is 2.20. The Morgan fingerprint density at radius 2 is 2.32 bits per heavy atom. The maximum Gasteiger partial charge on any atom is 0.208 e. The molecule has 0 fully saturated rings. The molecule has 0 aliphatic rings. The molecule has 25 heavy (non-hydrogen) atoms. The Labute approximate surface area is 154 Å². The number of nitrogens with one attached hydrogen (secondary N) is 2. The van der Waals surface area contributed by atoms with Gasteiger partial charge in [-0.2, -0.15) is 5.26 Å². The molecule has 1 heterocycles. The maximum absolute atomic E-state index is 11.9. The second-order valence-corrected chi connectivity index (χ2v) is 6.61. The molecule has 0 saturated carbocycles. The van der Waals surface area contributed by atoms with Crippen LogP contribution in [0.2, 0.25) is 5.02 Å². The lowest BCUT2D eigenvalue weighted by Crippen LogP contribution is -2.21. The number of ether oxygens (including phenoxy) is 1. The number of benzene rings is 1. The highest BCUT2D eigenvalue weighted by atomic mass is 35.5. The Morgan fingerprint density at radius 3 is 2.96 bits per heavy atom. The van der Waals surface area contributed by atoms with Crippen LogP contribution in [0.15, 0.2) is 23.4 Å². The van der Waals surface area contributed by atoms with E-state index in [9.17, 15) is 4.79 Å². The number of hydrogen-bond acceptors (Lipinski definition) is 7. The highest BCUT2D eigenvalue weighted by Crippen LogP contribution is 2.22. The molecule has 0 aliphatic carbocycles. The summed E-state index contributed by atoms with van der Waals surface area (Å²) < 4.78 is 5.61. The van der Waals surface area contributed by atoms with E-state index in [2.05, 4.69) is 15.2 Å². The fourth-order valence-corrected chi connectivity index (χ4v) is 2.74. The van der Waals surface area contributed by atoms with Crippen molar-refractivity contribution in [1.82, 2.24) is 15.2 Å². The molecule has 130 valence electrons. The van der Waals surface area contributed by atoms with Gasteiger partial charge in [-0.3, -0.25) is 9.89 Å². The molecule has 7 nitrogen and oxygen atoms in total. The Morgan fingerprint density at radius 1 is 1.56 bits per heavy atom. The van der Waals surface area contributed by atoms with Crippen molar-refractivity contribution in [2.45, 2.75) is 25.6 Å². The van der Waals surface area contributed by atoms with Crippen LogP contribution in [0.25, 0.3) is 0 Å². The maximum atomic E-state index is 11.9. The first kappa shape index (κ1) is 19.0. The molecule has 0 amide bonds. The average molecular weight is 378 g/mol. The summed E-state index contributed by atoms with van der Waals surface area (Å²) in [5, 5.41) is 24.1. The molecule has 2 aromatic rings. The minimum atomic E-state index is -1.01. The zero-order valence-corrected chi connectivity index (χ0v) is 15.2. The number of ketones is 1. The molecule has 0 radical (unpaired) electrons. The Bertz CT molecular complexity index is 830. The summed E-state index contributed by atoms with van der Waals surface area (Å²) in [6.45, 7) is 3.53. The lowest BCUT2D eigenvalue weighted by molar-refractivity contribution is -0.117. The van der Waals surface area contributed by atoms with Crippen molar-refractivity contribution in [2.75, 3.05) is 5.75 Å². The number of aromatic nitrogens is 3. The van der Waals surface area contributed by atoms with Crippen molar-refractivity contribution in [3.8, 4) is 11.8 Å². The third-order valence-corrected chi connectivity index (χ3v) is 4.54. The number of nitriles is 1. The number of aromatic amines is 1. The van der Waals surface area contributed by atoms with E-state index < -0.39 is 5.92 Å². The first-order valence-corrected chi connectivity index (χ1v) is 8.67. The molecule has 0 spiro atoms. The predicted octanol–water partition coefficient (Wildman–Crippen LogP) is 3.19. The first-order chi connectivity index (χ1) is 11.9. The van der Waals surface area contributed by atoms with Gasteiger partial charge in [-0.15, -0.1) is 5.10 Å². The van der Waals surface area contributed by atoms with Gasteiger partial charge in [-0.1, -0.05) is 23.4 Å². The molecule has 0 bridgehead atoms. The minimum absolute atomic E-state index is 0.0307. The number of thioether (sulfide) groups is 1. The minimum Gasteiger partial charge on any atom is -0.486 e. The monoisotopic (exact) mass is 377 g/mol. The van der Waals surface area contributed by atoms with Crippen LogP contribution >= 0.6 is 23.4 Å². The van der Waals surface area contributed by atoms with E-state index in [-0.39, 0.29) is 23.9 Å². The Kier molecular flexibility index (Phi) is 6.56. The van der Waals surface area contributed by atoms with E-state index >= 15 is 0 Å². The molecule has 0 unspecified atom stereocenters. The normalized spacial score (nSPS) is 11.6. The number of carbonyl (C=O) groups excluding carboxylic acids is 1. The summed E-state index contributed by atoms with van der Waals surface area (Å²) >= 11 is 7.08. The van der Waals surface area contributed by atoms with E-state index in [1.165, 1.54) is 6.92 Å². The number of rotatable bonds is 8. The lowest BCUT2D eigenvalue weighted by Gasteiger charge is -2.05. The topological polar surface area (TPSA) is 116 Å². The third kappa shape index (κ3) is 5.31. The van der Waals surface area contributed by atoms with Gasteiger partial charge in [0.2, 0.25) is 5.16 Å². The number of aryl methyl sites for hydroxylation is 1. The van der Waals surface area contributed by atoms with Gasteiger partial charge in [0.25, 0.3) is 0 Å². The number of halogens is 1. The molecule has 1 atom stereocenters. The van der Waals surface area contributed by atoms with Crippen LogP contribution in [0.4, 0.5) is 0 Å². The van der Waals surface area contributed by atoms with Gasteiger partial charge in [0.1, 0.15) is 18.3 Å². The largest absolute Gasteiger partial charge is 0.486 e. The Balaban J connectivity index is 1.87. The van der Waals surface area contributed by atoms with Gasteiger partial charge < -0.3 is 10.1 Å². The fraction of sp³-hybridized carbons (Fsp3) is 0.312. The smallest absolute Gasteiger partial charge is 0.208 e. The Hall–Kier alpha value is -2.37. The van der Waals surface area contributed by atoms with Crippen molar-refractivity contribution in [3.63, 3.8) is 0 Å². The molecule has 2 rings (SSSR count). The third-order valence-electron chi connectivity index (χ3n) is 3.24. The summed E-state index contributed by atoms with van der Waals surface area (Å²) in [4.78, 5) is 16.1. The standard InChI is InChI=1S/C16H16ClN5O2S/c1-9-5-11(3-4-13(9)17)24-7-15-20-16(22-21-15)25-8-14(23)12(6-18)10(2)19/h3-5,12,19H,7-8H2,1-2H3,(H,20,21,22)/t12-/m1/s1. The molecule has 9 heteroatoms. The second kappa shape index (κ2) is 8.65. The number of carbonyl (C=O) groups is 1. The van der Waals surface area contributed by atoms with E-state index in [4.69, 9.17) is 27.0 Å². The zero-order valence-electron chi connectivity index (χ0n) is 13.7. The van der Waals surface area contributed by atoms with Crippen LogP contribution in [-0.2, 0) is 11.4 Å².